The fourth-order valence-electron chi connectivity index (χ4n) is 1.85. The Labute approximate surface area is 162 Å². The predicted octanol–water partition coefficient (Wildman–Crippen LogP) is 3.18. The zero-order chi connectivity index (χ0) is 20.0. The minimum atomic E-state index is -1.12. The lowest BCUT2D eigenvalue weighted by Crippen LogP contribution is -2.35. The number of amides is 2. The van der Waals surface area contributed by atoms with E-state index < -0.39 is 42.6 Å². The summed E-state index contributed by atoms with van der Waals surface area (Å²) >= 11 is 11.5. The molecule has 0 saturated heterocycles. The Morgan fingerprint density at radius 2 is 1.67 bits per heavy atom. The molecule has 2 rings (SSSR count). The van der Waals surface area contributed by atoms with Crippen molar-refractivity contribution in [3.8, 4) is 0 Å². The quantitative estimate of drug-likeness (QED) is 0.708. The van der Waals surface area contributed by atoms with Gasteiger partial charge in [0, 0.05) is 11.8 Å². The molecule has 6 nitrogen and oxygen atoms in total. The Kier molecular flexibility index (Phi) is 7.09. The molecular weight excluding hydrogens is 405 g/mol. The molecule has 0 radical (unpaired) electrons. The first-order valence-corrected chi connectivity index (χ1v) is 8.15. The van der Waals surface area contributed by atoms with Gasteiger partial charge in [0.2, 0.25) is 5.91 Å². The van der Waals surface area contributed by atoms with Crippen LogP contribution in [0.4, 0.5) is 14.5 Å². The van der Waals surface area contributed by atoms with E-state index in [1.807, 2.05) is 0 Å². The standard InChI is InChI=1S/C17H12Cl2F2N2O4/c18-11-3-1-9(5-12(11)19)17(26)27-8-16(25)22-7-15(24)23-10-2-4-13(20)14(21)6-10/h1-6H,7-8H2,(H,22,25)(H,23,24). The Bertz CT molecular complexity index is 893. The summed E-state index contributed by atoms with van der Waals surface area (Å²) < 4.78 is 30.6. The molecule has 27 heavy (non-hydrogen) atoms. The summed E-state index contributed by atoms with van der Waals surface area (Å²) in [5.74, 6) is -4.37. The molecule has 2 aromatic carbocycles. The maximum Gasteiger partial charge on any atom is 0.338 e. The normalized spacial score (nSPS) is 10.2. The third-order valence-corrected chi connectivity index (χ3v) is 3.88. The molecule has 2 N–H and O–H groups in total. The van der Waals surface area contributed by atoms with Crippen molar-refractivity contribution in [1.29, 1.82) is 0 Å². The van der Waals surface area contributed by atoms with Gasteiger partial charge in [-0.05, 0) is 30.3 Å². The molecule has 0 aliphatic carbocycles. The topological polar surface area (TPSA) is 84.5 Å². The van der Waals surface area contributed by atoms with Crippen molar-refractivity contribution in [2.45, 2.75) is 0 Å². The van der Waals surface area contributed by atoms with Crippen LogP contribution in [0.15, 0.2) is 36.4 Å². The van der Waals surface area contributed by atoms with Crippen LogP contribution in [0, 0.1) is 11.6 Å². The van der Waals surface area contributed by atoms with Gasteiger partial charge in [0.15, 0.2) is 18.2 Å². The minimum Gasteiger partial charge on any atom is -0.452 e. The summed E-state index contributed by atoms with van der Waals surface area (Å²) in [4.78, 5) is 35.1. The Balaban J connectivity index is 1.76. The molecule has 10 heteroatoms. The van der Waals surface area contributed by atoms with E-state index in [1.165, 1.54) is 18.2 Å². The molecular formula is C17H12Cl2F2N2O4. The van der Waals surface area contributed by atoms with E-state index in [0.29, 0.717) is 0 Å². The van der Waals surface area contributed by atoms with Gasteiger partial charge in [-0.25, -0.2) is 13.6 Å². The van der Waals surface area contributed by atoms with Crippen LogP contribution in [0.1, 0.15) is 10.4 Å². The molecule has 0 aliphatic rings. The van der Waals surface area contributed by atoms with Crippen molar-refractivity contribution in [1.82, 2.24) is 5.32 Å². The Morgan fingerprint density at radius 1 is 0.926 bits per heavy atom. The van der Waals surface area contributed by atoms with Crippen LogP contribution in [0.3, 0.4) is 0 Å². The van der Waals surface area contributed by atoms with E-state index in [2.05, 4.69) is 10.6 Å². The number of carbonyl (C=O) groups is 3. The van der Waals surface area contributed by atoms with Crippen LogP contribution in [-0.2, 0) is 14.3 Å². The van der Waals surface area contributed by atoms with Crippen LogP contribution in [-0.4, -0.2) is 30.9 Å². The first-order valence-electron chi connectivity index (χ1n) is 7.40. The van der Waals surface area contributed by atoms with Gasteiger partial charge < -0.3 is 15.4 Å². The highest BCUT2D eigenvalue weighted by Crippen LogP contribution is 2.22. The number of anilines is 1. The fourth-order valence-corrected chi connectivity index (χ4v) is 2.14. The molecule has 2 amide bonds. The average Bonchev–Trinajstić information content (AvgIpc) is 2.63. The zero-order valence-electron chi connectivity index (χ0n) is 13.5. The first kappa shape index (κ1) is 20.6. The summed E-state index contributed by atoms with van der Waals surface area (Å²) in [5.41, 5.74) is 0.132. The second-order valence-corrected chi connectivity index (χ2v) is 5.97. The van der Waals surface area contributed by atoms with Crippen molar-refractivity contribution in [3.63, 3.8) is 0 Å². The minimum absolute atomic E-state index is 0.0270. The number of carbonyl (C=O) groups excluding carboxylic acids is 3. The number of halogens is 4. The lowest BCUT2D eigenvalue weighted by atomic mass is 10.2. The van der Waals surface area contributed by atoms with Crippen molar-refractivity contribution in [2.24, 2.45) is 0 Å². The van der Waals surface area contributed by atoms with Gasteiger partial charge in [-0.15, -0.1) is 0 Å². The lowest BCUT2D eigenvalue weighted by molar-refractivity contribution is -0.126. The molecule has 0 saturated carbocycles. The molecule has 2 aromatic rings. The van der Waals surface area contributed by atoms with E-state index in [0.717, 1.165) is 18.2 Å². The van der Waals surface area contributed by atoms with Gasteiger partial charge in [0.25, 0.3) is 5.91 Å². The zero-order valence-corrected chi connectivity index (χ0v) is 15.0. The lowest BCUT2D eigenvalue weighted by Gasteiger charge is -2.08. The van der Waals surface area contributed by atoms with Gasteiger partial charge in [0.1, 0.15) is 0 Å². The monoisotopic (exact) mass is 416 g/mol. The number of nitrogens with one attached hydrogen (secondary N) is 2. The fraction of sp³-hybridized carbons (Fsp3) is 0.118. The summed E-state index contributed by atoms with van der Waals surface area (Å²) in [6, 6.07) is 6.89. The van der Waals surface area contributed by atoms with Gasteiger partial charge in [-0.1, -0.05) is 23.2 Å². The van der Waals surface area contributed by atoms with Crippen molar-refractivity contribution < 1.29 is 27.9 Å². The van der Waals surface area contributed by atoms with E-state index >= 15 is 0 Å². The van der Waals surface area contributed by atoms with Gasteiger partial charge in [0.05, 0.1) is 22.2 Å². The molecule has 0 unspecified atom stereocenters. The maximum atomic E-state index is 13.0. The molecule has 0 aliphatic heterocycles. The second-order valence-electron chi connectivity index (χ2n) is 5.16. The maximum absolute atomic E-state index is 13.0. The molecule has 0 bridgehead atoms. The third-order valence-electron chi connectivity index (χ3n) is 3.14. The highest BCUT2D eigenvalue weighted by molar-refractivity contribution is 6.42. The summed E-state index contributed by atoms with van der Waals surface area (Å²) in [7, 11) is 0. The number of hydrogen-bond acceptors (Lipinski definition) is 4. The number of hydrogen-bond donors (Lipinski definition) is 2. The first-order chi connectivity index (χ1) is 12.8. The third kappa shape index (κ3) is 6.19. The van der Waals surface area contributed by atoms with Crippen LogP contribution in [0.25, 0.3) is 0 Å². The molecule has 142 valence electrons. The van der Waals surface area contributed by atoms with Crippen molar-refractivity contribution in [2.75, 3.05) is 18.5 Å². The number of rotatable bonds is 6. The Morgan fingerprint density at radius 3 is 2.33 bits per heavy atom. The number of esters is 1. The van der Waals surface area contributed by atoms with E-state index in [4.69, 9.17) is 27.9 Å². The smallest absolute Gasteiger partial charge is 0.338 e. The highest BCUT2D eigenvalue weighted by Gasteiger charge is 2.13. The number of benzene rings is 2. The van der Waals surface area contributed by atoms with Gasteiger partial charge >= 0.3 is 5.97 Å². The second kappa shape index (κ2) is 9.29. The van der Waals surface area contributed by atoms with E-state index in [-0.39, 0.29) is 21.3 Å². The molecule has 0 heterocycles. The predicted molar refractivity (Wildman–Crippen MR) is 94.7 cm³/mol. The molecule has 0 fully saturated rings. The van der Waals surface area contributed by atoms with Crippen molar-refractivity contribution >= 4 is 46.7 Å². The van der Waals surface area contributed by atoms with Crippen LogP contribution in [0.2, 0.25) is 10.0 Å². The Hall–Kier alpha value is -2.71. The summed E-state index contributed by atoms with van der Waals surface area (Å²) in [5, 5.41) is 4.90. The highest BCUT2D eigenvalue weighted by atomic mass is 35.5. The van der Waals surface area contributed by atoms with Gasteiger partial charge in [-0.2, -0.15) is 0 Å². The van der Waals surface area contributed by atoms with Gasteiger partial charge in [-0.3, -0.25) is 9.59 Å². The SMILES string of the molecule is O=C(COC(=O)c1ccc(Cl)c(Cl)c1)NCC(=O)Nc1ccc(F)c(F)c1. The summed E-state index contributed by atoms with van der Waals surface area (Å²) in [6.07, 6.45) is 0. The molecule has 0 atom stereocenters. The average molecular weight is 417 g/mol. The van der Waals surface area contributed by atoms with E-state index in [9.17, 15) is 23.2 Å². The van der Waals surface area contributed by atoms with Crippen LogP contribution in [0.5, 0.6) is 0 Å². The largest absolute Gasteiger partial charge is 0.452 e. The van der Waals surface area contributed by atoms with E-state index in [1.54, 1.807) is 0 Å². The summed E-state index contributed by atoms with van der Waals surface area (Å²) in [6.45, 7) is -1.08. The van der Waals surface area contributed by atoms with Crippen LogP contribution >= 0.6 is 23.2 Å². The van der Waals surface area contributed by atoms with Crippen molar-refractivity contribution in [3.05, 3.63) is 63.6 Å². The number of ether oxygens (including phenoxy) is 1. The van der Waals surface area contributed by atoms with Crippen LogP contribution < -0.4 is 10.6 Å². The molecule has 0 spiro atoms. The molecule has 0 aromatic heterocycles.